The average molecular weight is 243 g/mol. The van der Waals surface area contributed by atoms with E-state index in [1.807, 2.05) is 0 Å². The third kappa shape index (κ3) is 3.37. The Bertz CT molecular complexity index is 352. The molecule has 0 amide bonds. The summed E-state index contributed by atoms with van der Waals surface area (Å²) in [6, 6.07) is 0. The molecule has 90 valence electrons. The molecule has 0 bridgehead atoms. The first-order valence-electron chi connectivity index (χ1n) is 5.36. The summed E-state index contributed by atoms with van der Waals surface area (Å²) in [5, 5.41) is 4.20. The van der Waals surface area contributed by atoms with Gasteiger partial charge in [-0.2, -0.15) is 0 Å². The van der Waals surface area contributed by atoms with Crippen LogP contribution in [0.4, 0.5) is 10.1 Å². The van der Waals surface area contributed by atoms with Crippen molar-refractivity contribution in [2.45, 2.75) is 26.7 Å². The summed E-state index contributed by atoms with van der Waals surface area (Å²) in [5.41, 5.74) is 5.91. The molecule has 0 aliphatic heterocycles. The van der Waals surface area contributed by atoms with E-state index in [9.17, 15) is 4.79 Å². The fourth-order valence-electron chi connectivity index (χ4n) is 1.13. The SMILES string of the molecule is CCCCNc1nc(C(=O)OCC)c(N)s1. The second kappa shape index (κ2) is 6.32. The van der Waals surface area contributed by atoms with Gasteiger partial charge in [0.2, 0.25) is 0 Å². The van der Waals surface area contributed by atoms with Crippen LogP contribution in [0.5, 0.6) is 0 Å². The summed E-state index contributed by atoms with van der Waals surface area (Å²) in [4.78, 5) is 15.5. The fourth-order valence-corrected chi connectivity index (χ4v) is 1.87. The lowest BCUT2D eigenvalue weighted by atomic mass is 10.3. The molecule has 1 rings (SSSR count). The maximum absolute atomic E-state index is 11.4. The number of ether oxygens (including phenoxy) is 1. The Balaban J connectivity index is 2.62. The number of thiazole rings is 1. The van der Waals surface area contributed by atoms with Gasteiger partial charge in [-0.15, -0.1) is 0 Å². The summed E-state index contributed by atoms with van der Waals surface area (Å²) < 4.78 is 4.85. The Labute approximate surface area is 99.0 Å². The molecule has 0 spiro atoms. The van der Waals surface area contributed by atoms with Crippen molar-refractivity contribution in [1.29, 1.82) is 0 Å². The molecule has 0 aliphatic rings. The van der Waals surface area contributed by atoms with E-state index in [4.69, 9.17) is 10.5 Å². The van der Waals surface area contributed by atoms with Crippen molar-refractivity contribution in [2.75, 3.05) is 24.2 Å². The largest absolute Gasteiger partial charge is 0.461 e. The van der Waals surface area contributed by atoms with Gasteiger partial charge < -0.3 is 15.8 Å². The molecule has 0 saturated heterocycles. The number of carbonyl (C=O) groups is 1. The van der Waals surface area contributed by atoms with Gasteiger partial charge in [-0.3, -0.25) is 0 Å². The second-order valence-electron chi connectivity index (χ2n) is 3.23. The van der Waals surface area contributed by atoms with Crippen LogP contribution in [0.25, 0.3) is 0 Å². The minimum Gasteiger partial charge on any atom is -0.461 e. The number of rotatable bonds is 6. The number of nitrogens with one attached hydrogen (secondary N) is 1. The first-order valence-corrected chi connectivity index (χ1v) is 6.18. The maximum Gasteiger partial charge on any atom is 0.360 e. The highest BCUT2D eigenvalue weighted by atomic mass is 32.1. The quantitative estimate of drug-likeness (QED) is 0.591. The molecule has 0 aliphatic carbocycles. The molecule has 0 atom stereocenters. The number of nitrogens with two attached hydrogens (primary N) is 1. The number of esters is 1. The Morgan fingerprint density at radius 3 is 2.94 bits per heavy atom. The van der Waals surface area contributed by atoms with E-state index in [0.29, 0.717) is 16.7 Å². The third-order valence-corrected chi connectivity index (χ3v) is 2.77. The van der Waals surface area contributed by atoms with E-state index >= 15 is 0 Å². The van der Waals surface area contributed by atoms with Crippen LogP contribution in [-0.2, 0) is 4.74 Å². The van der Waals surface area contributed by atoms with E-state index in [2.05, 4.69) is 17.2 Å². The number of aromatic nitrogens is 1. The van der Waals surface area contributed by atoms with Crippen LogP contribution in [-0.4, -0.2) is 24.1 Å². The first-order chi connectivity index (χ1) is 7.69. The highest BCUT2D eigenvalue weighted by Crippen LogP contribution is 2.25. The molecule has 0 unspecified atom stereocenters. The molecule has 16 heavy (non-hydrogen) atoms. The normalized spacial score (nSPS) is 10.1. The fraction of sp³-hybridized carbons (Fsp3) is 0.600. The molecule has 1 aromatic rings. The van der Waals surface area contributed by atoms with Gasteiger partial charge in [-0.25, -0.2) is 9.78 Å². The molecule has 1 heterocycles. The van der Waals surface area contributed by atoms with Crippen molar-refractivity contribution in [3.05, 3.63) is 5.69 Å². The minimum absolute atomic E-state index is 0.214. The Morgan fingerprint density at radius 2 is 2.31 bits per heavy atom. The average Bonchev–Trinajstić information content (AvgIpc) is 2.61. The van der Waals surface area contributed by atoms with Gasteiger partial charge in [-0.05, 0) is 13.3 Å². The van der Waals surface area contributed by atoms with Crippen molar-refractivity contribution >= 4 is 27.4 Å². The molecule has 0 aromatic carbocycles. The van der Waals surface area contributed by atoms with Crippen molar-refractivity contribution in [3.63, 3.8) is 0 Å². The van der Waals surface area contributed by atoms with Crippen molar-refractivity contribution in [2.24, 2.45) is 0 Å². The summed E-state index contributed by atoms with van der Waals surface area (Å²) >= 11 is 1.27. The van der Waals surface area contributed by atoms with Gasteiger partial charge >= 0.3 is 5.97 Å². The lowest BCUT2D eigenvalue weighted by Crippen LogP contribution is -2.08. The molecule has 0 fully saturated rings. The topological polar surface area (TPSA) is 77.2 Å². The van der Waals surface area contributed by atoms with Crippen molar-refractivity contribution < 1.29 is 9.53 Å². The highest BCUT2D eigenvalue weighted by molar-refractivity contribution is 7.19. The zero-order valence-electron chi connectivity index (χ0n) is 9.58. The molecular weight excluding hydrogens is 226 g/mol. The second-order valence-corrected chi connectivity index (χ2v) is 4.26. The van der Waals surface area contributed by atoms with Crippen LogP contribution in [0.15, 0.2) is 0 Å². The summed E-state index contributed by atoms with van der Waals surface area (Å²) in [6.07, 6.45) is 2.17. The van der Waals surface area contributed by atoms with Gasteiger partial charge in [0.1, 0.15) is 5.00 Å². The summed E-state index contributed by atoms with van der Waals surface area (Å²) in [7, 11) is 0. The number of hydrogen-bond donors (Lipinski definition) is 2. The smallest absolute Gasteiger partial charge is 0.360 e. The van der Waals surface area contributed by atoms with E-state index < -0.39 is 5.97 Å². The number of carbonyl (C=O) groups excluding carboxylic acids is 1. The Morgan fingerprint density at radius 1 is 1.56 bits per heavy atom. The number of hydrogen-bond acceptors (Lipinski definition) is 6. The minimum atomic E-state index is -0.459. The van der Waals surface area contributed by atoms with Crippen LogP contribution in [0, 0.1) is 0 Å². The number of nitrogen functional groups attached to an aromatic ring is 1. The number of anilines is 2. The molecule has 6 heteroatoms. The number of nitrogens with zero attached hydrogens (tertiary/aromatic N) is 1. The van der Waals surface area contributed by atoms with Crippen LogP contribution in [0.1, 0.15) is 37.2 Å². The molecule has 3 N–H and O–H groups in total. The lowest BCUT2D eigenvalue weighted by Gasteiger charge is -1.99. The monoisotopic (exact) mass is 243 g/mol. The molecule has 0 radical (unpaired) electrons. The summed E-state index contributed by atoms with van der Waals surface area (Å²) in [6.45, 7) is 5.03. The number of unbranched alkanes of at least 4 members (excludes halogenated alkanes) is 1. The zero-order chi connectivity index (χ0) is 12.0. The van der Waals surface area contributed by atoms with Gasteiger partial charge in [0, 0.05) is 6.54 Å². The Hall–Kier alpha value is -1.30. The third-order valence-electron chi connectivity index (χ3n) is 1.93. The predicted octanol–water partition coefficient (Wildman–Crippen LogP) is 2.11. The highest BCUT2D eigenvalue weighted by Gasteiger charge is 2.16. The summed E-state index contributed by atoms with van der Waals surface area (Å²) in [5.74, 6) is -0.459. The maximum atomic E-state index is 11.4. The van der Waals surface area contributed by atoms with E-state index in [0.717, 1.165) is 19.4 Å². The van der Waals surface area contributed by atoms with Crippen molar-refractivity contribution in [1.82, 2.24) is 4.98 Å². The lowest BCUT2D eigenvalue weighted by molar-refractivity contribution is 0.0522. The van der Waals surface area contributed by atoms with Gasteiger partial charge in [0.15, 0.2) is 10.8 Å². The van der Waals surface area contributed by atoms with E-state index in [1.165, 1.54) is 11.3 Å². The zero-order valence-corrected chi connectivity index (χ0v) is 10.4. The van der Waals surface area contributed by atoms with Gasteiger partial charge in [-0.1, -0.05) is 24.7 Å². The molecule has 5 nitrogen and oxygen atoms in total. The van der Waals surface area contributed by atoms with E-state index in [-0.39, 0.29) is 5.69 Å². The Kier molecular flexibility index (Phi) is 5.04. The predicted molar refractivity (Wildman–Crippen MR) is 65.9 cm³/mol. The van der Waals surface area contributed by atoms with Crippen molar-refractivity contribution in [3.8, 4) is 0 Å². The standard InChI is InChI=1S/C10H17N3O2S/c1-3-5-6-12-10-13-7(8(11)16-10)9(14)15-4-2/h3-6,11H2,1-2H3,(H,12,13). The first kappa shape index (κ1) is 12.8. The molecule has 0 saturated carbocycles. The van der Waals surface area contributed by atoms with Crippen LogP contribution in [0.2, 0.25) is 0 Å². The van der Waals surface area contributed by atoms with E-state index in [1.54, 1.807) is 6.92 Å². The van der Waals surface area contributed by atoms with Gasteiger partial charge in [0.25, 0.3) is 0 Å². The van der Waals surface area contributed by atoms with Crippen LogP contribution >= 0.6 is 11.3 Å². The van der Waals surface area contributed by atoms with Gasteiger partial charge in [0.05, 0.1) is 6.61 Å². The molecular formula is C10H17N3O2S. The molecule has 1 aromatic heterocycles. The van der Waals surface area contributed by atoms with Crippen LogP contribution < -0.4 is 11.1 Å². The van der Waals surface area contributed by atoms with Crippen LogP contribution in [0.3, 0.4) is 0 Å².